The molecule has 0 aliphatic heterocycles. The normalized spacial score (nSPS) is 11.0. The Bertz CT molecular complexity index is 782. The summed E-state index contributed by atoms with van der Waals surface area (Å²) in [6.07, 6.45) is 0. The smallest absolute Gasteiger partial charge is 0.130 e. The Kier molecular flexibility index (Phi) is 3.80. The summed E-state index contributed by atoms with van der Waals surface area (Å²) in [6.45, 7) is 0. The highest BCUT2D eigenvalue weighted by molar-refractivity contribution is 7.98. The molecule has 0 fully saturated rings. The van der Waals surface area contributed by atoms with Crippen molar-refractivity contribution in [3.63, 3.8) is 0 Å². The van der Waals surface area contributed by atoms with Gasteiger partial charge in [0.1, 0.15) is 17.4 Å². The van der Waals surface area contributed by atoms with E-state index in [9.17, 15) is 13.9 Å². The van der Waals surface area contributed by atoms with E-state index in [0.717, 1.165) is 15.7 Å². The monoisotopic (exact) mass is 302 g/mol. The van der Waals surface area contributed by atoms with Crippen molar-refractivity contribution in [1.29, 1.82) is 0 Å². The van der Waals surface area contributed by atoms with Crippen molar-refractivity contribution in [3.05, 3.63) is 71.8 Å². The van der Waals surface area contributed by atoms with E-state index in [0.29, 0.717) is 0 Å². The average molecular weight is 302 g/mol. The number of aromatic hydroxyl groups is 1. The maximum Gasteiger partial charge on any atom is 0.130 e. The van der Waals surface area contributed by atoms with Crippen LogP contribution in [0.1, 0.15) is 5.56 Å². The first kappa shape index (κ1) is 13.9. The number of phenols is 1. The predicted molar refractivity (Wildman–Crippen MR) is 81.5 cm³/mol. The topological polar surface area (TPSA) is 20.2 Å². The summed E-state index contributed by atoms with van der Waals surface area (Å²) in [5.74, 6) is -0.670. The minimum absolute atomic E-state index is 0.0691. The van der Waals surface area contributed by atoms with Crippen LogP contribution in [0.4, 0.5) is 8.78 Å². The van der Waals surface area contributed by atoms with Gasteiger partial charge in [-0.1, -0.05) is 30.3 Å². The molecular weight excluding hydrogens is 290 g/mol. The van der Waals surface area contributed by atoms with Gasteiger partial charge in [-0.2, -0.15) is 0 Å². The van der Waals surface area contributed by atoms with Crippen LogP contribution in [0.3, 0.4) is 0 Å². The van der Waals surface area contributed by atoms with Crippen LogP contribution in [0.5, 0.6) is 5.75 Å². The molecule has 0 atom stereocenters. The second-order valence-corrected chi connectivity index (χ2v) is 5.63. The molecule has 0 spiro atoms. The van der Waals surface area contributed by atoms with E-state index in [-0.39, 0.29) is 17.1 Å². The summed E-state index contributed by atoms with van der Waals surface area (Å²) in [5, 5.41) is 11.4. The molecular formula is C17H12F2OS. The average Bonchev–Trinajstić information content (AvgIpc) is 2.49. The molecule has 0 aliphatic rings. The van der Waals surface area contributed by atoms with Crippen molar-refractivity contribution in [2.45, 2.75) is 10.6 Å². The minimum Gasteiger partial charge on any atom is -0.507 e. The molecule has 1 nitrogen and oxygen atoms in total. The summed E-state index contributed by atoms with van der Waals surface area (Å²) < 4.78 is 27.3. The van der Waals surface area contributed by atoms with Crippen molar-refractivity contribution in [2.24, 2.45) is 0 Å². The van der Waals surface area contributed by atoms with Gasteiger partial charge in [-0.05, 0) is 29.7 Å². The van der Waals surface area contributed by atoms with E-state index >= 15 is 0 Å². The van der Waals surface area contributed by atoms with Gasteiger partial charge in [0.25, 0.3) is 0 Å². The van der Waals surface area contributed by atoms with Crippen LogP contribution in [0.15, 0.2) is 59.5 Å². The molecule has 0 amide bonds. The van der Waals surface area contributed by atoms with Gasteiger partial charge in [0.05, 0.1) is 0 Å². The third-order valence-electron chi connectivity index (χ3n) is 3.29. The van der Waals surface area contributed by atoms with E-state index in [1.54, 1.807) is 12.1 Å². The van der Waals surface area contributed by atoms with Crippen molar-refractivity contribution in [3.8, 4) is 5.75 Å². The highest BCUT2D eigenvalue weighted by Crippen LogP contribution is 2.35. The van der Waals surface area contributed by atoms with Crippen molar-refractivity contribution in [1.82, 2.24) is 0 Å². The Morgan fingerprint density at radius 1 is 0.810 bits per heavy atom. The van der Waals surface area contributed by atoms with E-state index in [1.165, 1.54) is 30.0 Å². The molecule has 21 heavy (non-hydrogen) atoms. The zero-order chi connectivity index (χ0) is 14.8. The van der Waals surface area contributed by atoms with Crippen LogP contribution in [0, 0.1) is 11.6 Å². The second-order valence-electron chi connectivity index (χ2n) is 4.62. The molecule has 3 aromatic rings. The van der Waals surface area contributed by atoms with E-state index in [1.807, 2.05) is 24.3 Å². The Morgan fingerprint density at radius 3 is 2.19 bits per heavy atom. The number of halogens is 2. The third-order valence-corrected chi connectivity index (χ3v) is 4.39. The van der Waals surface area contributed by atoms with Crippen LogP contribution in [0.2, 0.25) is 0 Å². The van der Waals surface area contributed by atoms with Crippen LogP contribution < -0.4 is 0 Å². The Hall–Kier alpha value is -2.07. The second kappa shape index (κ2) is 5.74. The van der Waals surface area contributed by atoms with Crippen LogP contribution in [0.25, 0.3) is 10.8 Å². The molecule has 3 aromatic carbocycles. The number of benzene rings is 3. The lowest BCUT2D eigenvalue weighted by atomic mass is 10.1. The summed E-state index contributed by atoms with van der Waals surface area (Å²) >= 11 is 1.35. The van der Waals surface area contributed by atoms with Crippen LogP contribution in [-0.4, -0.2) is 5.11 Å². The van der Waals surface area contributed by atoms with Crippen molar-refractivity contribution < 1.29 is 13.9 Å². The lowest BCUT2D eigenvalue weighted by Crippen LogP contribution is -1.92. The number of hydrogen-bond acceptors (Lipinski definition) is 2. The number of rotatable bonds is 3. The third kappa shape index (κ3) is 2.72. The summed E-state index contributed by atoms with van der Waals surface area (Å²) in [7, 11) is 0. The summed E-state index contributed by atoms with van der Waals surface area (Å²) in [4.78, 5) is 0.881. The Labute approximate surface area is 125 Å². The molecule has 0 unspecified atom stereocenters. The van der Waals surface area contributed by atoms with Gasteiger partial charge in [-0.15, -0.1) is 11.8 Å². The largest absolute Gasteiger partial charge is 0.507 e. The number of phenolic OH excluding ortho intramolecular Hbond substituents is 1. The van der Waals surface area contributed by atoms with E-state index in [2.05, 4.69) is 0 Å². The van der Waals surface area contributed by atoms with E-state index in [4.69, 9.17) is 0 Å². The first-order valence-electron chi connectivity index (χ1n) is 6.43. The molecule has 0 saturated heterocycles. The number of hydrogen-bond donors (Lipinski definition) is 1. The van der Waals surface area contributed by atoms with Gasteiger partial charge in [0, 0.05) is 21.6 Å². The highest BCUT2D eigenvalue weighted by Gasteiger charge is 2.11. The molecule has 0 aliphatic carbocycles. The van der Waals surface area contributed by atoms with Gasteiger partial charge in [-0.25, -0.2) is 8.78 Å². The van der Waals surface area contributed by atoms with Crippen molar-refractivity contribution >= 4 is 22.5 Å². The van der Waals surface area contributed by atoms with Crippen molar-refractivity contribution in [2.75, 3.05) is 0 Å². The molecule has 0 radical (unpaired) electrons. The SMILES string of the molecule is Oc1ccc(SCc2c(F)cccc2F)c2ccccc12. The minimum atomic E-state index is -0.536. The van der Waals surface area contributed by atoms with Gasteiger partial charge in [0.15, 0.2) is 0 Å². The molecule has 0 aromatic heterocycles. The fraction of sp³-hybridized carbons (Fsp3) is 0.0588. The quantitative estimate of drug-likeness (QED) is 0.678. The first-order valence-corrected chi connectivity index (χ1v) is 7.42. The predicted octanol–water partition coefficient (Wildman–Crippen LogP) is 5.12. The molecule has 4 heteroatoms. The molecule has 0 saturated carbocycles. The maximum atomic E-state index is 13.6. The first-order chi connectivity index (χ1) is 10.2. The lowest BCUT2D eigenvalue weighted by Gasteiger charge is -2.09. The Balaban J connectivity index is 1.94. The van der Waals surface area contributed by atoms with Gasteiger partial charge >= 0.3 is 0 Å². The van der Waals surface area contributed by atoms with Gasteiger partial charge in [0.2, 0.25) is 0 Å². The number of thioether (sulfide) groups is 1. The van der Waals surface area contributed by atoms with E-state index < -0.39 is 11.6 Å². The summed E-state index contributed by atoms with van der Waals surface area (Å²) in [6, 6.07) is 14.6. The summed E-state index contributed by atoms with van der Waals surface area (Å²) in [5.41, 5.74) is 0.0691. The zero-order valence-electron chi connectivity index (χ0n) is 11.0. The number of fused-ring (bicyclic) bond motifs is 1. The van der Waals surface area contributed by atoms with Gasteiger partial charge in [-0.3, -0.25) is 0 Å². The molecule has 0 bridgehead atoms. The highest BCUT2D eigenvalue weighted by atomic mass is 32.2. The zero-order valence-corrected chi connectivity index (χ0v) is 11.8. The fourth-order valence-electron chi connectivity index (χ4n) is 2.20. The Morgan fingerprint density at radius 2 is 1.48 bits per heavy atom. The van der Waals surface area contributed by atoms with Gasteiger partial charge < -0.3 is 5.11 Å². The molecule has 0 heterocycles. The molecule has 106 valence electrons. The lowest BCUT2D eigenvalue weighted by molar-refractivity contribution is 0.481. The fourth-order valence-corrected chi connectivity index (χ4v) is 3.27. The van der Waals surface area contributed by atoms with Crippen LogP contribution >= 0.6 is 11.8 Å². The molecule has 1 N–H and O–H groups in total. The van der Waals surface area contributed by atoms with Crippen LogP contribution in [-0.2, 0) is 5.75 Å². The standard InChI is InChI=1S/C17H12F2OS/c18-14-6-3-7-15(19)13(14)10-21-17-9-8-16(20)11-4-1-2-5-12(11)17/h1-9,20H,10H2. The maximum absolute atomic E-state index is 13.6. The molecule has 3 rings (SSSR count).